The van der Waals surface area contributed by atoms with Gasteiger partial charge >= 0.3 is 0 Å². The largest absolute Gasteiger partial charge is 0.492 e. The number of rotatable bonds is 6. The average molecular weight is 381 g/mol. The zero-order valence-electron chi connectivity index (χ0n) is 13.4. The van der Waals surface area contributed by atoms with Crippen molar-refractivity contribution in [3.05, 3.63) is 50.6 Å². The minimum atomic E-state index is 0.00000567. The second kappa shape index (κ2) is 7.59. The monoisotopic (exact) mass is 380 g/mol. The van der Waals surface area contributed by atoms with E-state index in [1.165, 1.54) is 16.6 Å². The summed E-state index contributed by atoms with van der Waals surface area (Å²) in [5.74, 6) is 0.732. The van der Waals surface area contributed by atoms with Crippen molar-refractivity contribution < 1.29 is 4.74 Å². The highest BCUT2D eigenvalue weighted by molar-refractivity contribution is 7.98. The zero-order chi connectivity index (χ0) is 17.1. The van der Waals surface area contributed by atoms with Crippen molar-refractivity contribution in [3.63, 3.8) is 0 Å². The number of aromatic nitrogens is 2. The first-order chi connectivity index (χ1) is 11.6. The zero-order valence-corrected chi connectivity index (χ0v) is 15.8. The maximum atomic E-state index is 12.8. The van der Waals surface area contributed by atoms with Gasteiger partial charge in [0.15, 0.2) is 5.16 Å². The molecule has 126 valence electrons. The summed E-state index contributed by atoms with van der Waals surface area (Å²) >= 11 is 8.93. The van der Waals surface area contributed by atoms with E-state index in [4.69, 9.17) is 16.3 Å². The minimum absolute atomic E-state index is 0.00000567. The molecular weight excluding hydrogens is 364 g/mol. The molecule has 2 aromatic heterocycles. The van der Waals surface area contributed by atoms with E-state index in [1.807, 2.05) is 24.5 Å². The van der Waals surface area contributed by atoms with Crippen LogP contribution in [0.2, 0.25) is 5.02 Å². The van der Waals surface area contributed by atoms with E-state index in [1.54, 1.807) is 28.0 Å². The van der Waals surface area contributed by atoms with Crippen LogP contribution in [0.15, 0.2) is 40.3 Å². The number of nitrogens with zero attached hydrogens (tertiary/aromatic N) is 2. The molecule has 0 atom stereocenters. The molecule has 0 saturated carbocycles. The van der Waals surface area contributed by atoms with E-state index in [9.17, 15) is 4.79 Å². The van der Waals surface area contributed by atoms with Crippen LogP contribution in [0, 0.1) is 0 Å². The topological polar surface area (TPSA) is 44.1 Å². The Labute approximate surface area is 153 Å². The molecule has 0 unspecified atom stereocenters. The summed E-state index contributed by atoms with van der Waals surface area (Å²) < 4.78 is 7.39. The van der Waals surface area contributed by atoms with Gasteiger partial charge in [0.1, 0.15) is 17.2 Å². The van der Waals surface area contributed by atoms with Crippen LogP contribution in [-0.4, -0.2) is 22.4 Å². The molecule has 7 heteroatoms. The van der Waals surface area contributed by atoms with E-state index in [2.05, 4.69) is 11.9 Å². The Balaban J connectivity index is 1.83. The third-order valence-electron chi connectivity index (χ3n) is 3.60. The fraction of sp³-hybridized carbons (Fsp3) is 0.294. The molecule has 0 bridgehead atoms. The molecule has 2 heterocycles. The SMILES string of the molecule is CCc1cc2c(=O)n(CCOc3ccc(Cl)cc3)c(SC)nc2s1. The van der Waals surface area contributed by atoms with E-state index in [-0.39, 0.29) is 5.56 Å². The van der Waals surface area contributed by atoms with Crippen LogP contribution in [0.5, 0.6) is 5.75 Å². The van der Waals surface area contributed by atoms with Crippen LogP contribution < -0.4 is 10.3 Å². The lowest BCUT2D eigenvalue weighted by Crippen LogP contribution is -2.25. The summed E-state index contributed by atoms with van der Waals surface area (Å²) in [5.41, 5.74) is 0.00000567. The number of fused-ring (bicyclic) bond motifs is 1. The normalized spacial score (nSPS) is 11.1. The molecule has 3 aromatic rings. The minimum Gasteiger partial charge on any atom is -0.492 e. The van der Waals surface area contributed by atoms with Gasteiger partial charge in [0.2, 0.25) is 0 Å². The summed E-state index contributed by atoms with van der Waals surface area (Å²) in [6.07, 6.45) is 2.84. The Bertz CT molecular complexity index is 903. The smallest absolute Gasteiger partial charge is 0.263 e. The number of thiophene rings is 1. The molecule has 4 nitrogen and oxygen atoms in total. The maximum Gasteiger partial charge on any atom is 0.263 e. The molecule has 0 N–H and O–H groups in total. The molecule has 3 rings (SSSR count). The maximum absolute atomic E-state index is 12.8. The van der Waals surface area contributed by atoms with Crippen molar-refractivity contribution in [1.29, 1.82) is 0 Å². The number of hydrogen-bond acceptors (Lipinski definition) is 5. The van der Waals surface area contributed by atoms with Crippen LogP contribution in [-0.2, 0) is 13.0 Å². The summed E-state index contributed by atoms with van der Waals surface area (Å²) in [5, 5.41) is 2.08. The van der Waals surface area contributed by atoms with Gasteiger partial charge in [-0.3, -0.25) is 9.36 Å². The van der Waals surface area contributed by atoms with Crippen molar-refractivity contribution in [2.24, 2.45) is 0 Å². The number of hydrogen-bond donors (Lipinski definition) is 0. The predicted molar refractivity (Wildman–Crippen MR) is 102 cm³/mol. The molecule has 0 aliphatic carbocycles. The highest BCUT2D eigenvalue weighted by Gasteiger charge is 2.13. The molecule has 0 spiro atoms. The van der Waals surface area contributed by atoms with Crippen molar-refractivity contribution in [3.8, 4) is 5.75 Å². The first-order valence-corrected chi connectivity index (χ1v) is 10.00. The highest BCUT2D eigenvalue weighted by atomic mass is 35.5. The van der Waals surface area contributed by atoms with Crippen molar-refractivity contribution in [1.82, 2.24) is 9.55 Å². The number of ether oxygens (including phenoxy) is 1. The van der Waals surface area contributed by atoms with Crippen LogP contribution in [0.25, 0.3) is 10.2 Å². The molecule has 0 amide bonds. The van der Waals surface area contributed by atoms with Gasteiger partial charge in [0.05, 0.1) is 11.9 Å². The summed E-state index contributed by atoms with van der Waals surface area (Å²) in [6.45, 7) is 2.93. The van der Waals surface area contributed by atoms with Crippen molar-refractivity contribution in [2.45, 2.75) is 25.0 Å². The number of aryl methyl sites for hydroxylation is 1. The number of halogens is 1. The van der Waals surface area contributed by atoms with Gasteiger partial charge in [0.25, 0.3) is 5.56 Å². The first kappa shape index (κ1) is 17.3. The standard InChI is InChI=1S/C17H17ClN2O2S2/c1-3-13-10-14-15(24-13)19-17(23-2)20(16(14)21)8-9-22-12-6-4-11(18)5-7-12/h4-7,10H,3,8-9H2,1-2H3. The summed E-state index contributed by atoms with van der Waals surface area (Å²) in [6, 6.07) is 9.14. The molecule has 24 heavy (non-hydrogen) atoms. The second-order valence-electron chi connectivity index (χ2n) is 5.14. The van der Waals surface area contributed by atoms with Gasteiger partial charge < -0.3 is 4.74 Å². The number of benzene rings is 1. The van der Waals surface area contributed by atoms with Gasteiger partial charge in [0, 0.05) is 9.90 Å². The van der Waals surface area contributed by atoms with Gasteiger partial charge in [-0.1, -0.05) is 30.3 Å². The molecule has 0 aliphatic heterocycles. The quantitative estimate of drug-likeness (QED) is 0.467. The molecule has 0 fully saturated rings. The fourth-order valence-electron chi connectivity index (χ4n) is 2.36. The van der Waals surface area contributed by atoms with Crippen LogP contribution in [0.1, 0.15) is 11.8 Å². The lowest BCUT2D eigenvalue weighted by atomic mass is 10.3. The van der Waals surface area contributed by atoms with Crippen LogP contribution >= 0.6 is 34.7 Å². The van der Waals surface area contributed by atoms with Gasteiger partial charge in [-0.25, -0.2) is 4.98 Å². The van der Waals surface area contributed by atoms with Crippen LogP contribution in [0.3, 0.4) is 0 Å². The van der Waals surface area contributed by atoms with Gasteiger partial charge in [-0.15, -0.1) is 11.3 Å². The summed E-state index contributed by atoms with van der Waals surface area (Å²) in [4.78, 5) is 19.4. The van der Waals surface area contributed by atoms with Gasteiger partial charge in [-0.2, -0.15) is 0 Å². The molecule has 0 radical (unpaired) electrons. The van der Waals surface area contributed by atoms with Crippen molar-refractivity contribution >= 4 is 44.9 Å². The third-order valence-corrected chi connectivity index (χ3v) is 5.70. The summed E-state index contributed by atoms with van der Waals surface area (Å²) in [7, 11) is 0. The van der Waals surface area contributed by atoms with E-state index < -0.39 is 0 Å². The van der Waals surface area contributed by atoms with E-state index >= 15 is 0 Å². The average Bonchev–Trinajstić information content (AvgIpc) is 3.02. The Morgan fingerprint density at radius 2 is 2.08 bits per heavy atom. The van der Waals surface area contributed by atoms with Gasteiger partial charge in [-0.05, 0) is 43.0 Å². The lowest BCUT2D eigenvalue weighted by Gasteiger charge is -2.11. The molecule has 1 aromatic carbocycles. The highest BCUT2D eigenvalue weighted by Crippen LogP contribution is 2.24. The Morgan fingerprint density at radius 1 is 1.33 bits per heavy atom. The fourth-order valence-corrected chi connectivity index (χ4v) is 4.08. The van der Waals surface area contributed by atoms with Crippen molar-refractivity contribution in [2.75, 3.05) is 12.9 Å². The second-order valence-corrected chi connectivity index (χ2v) is 7.47. The van der Waals surface area contributed by atoms with Crippen LogP contribution in [0.4, 0.5) is 0 Å². The molecular formula is C17H17ClN2O2S2. The lowest BCUT2D eigenvalue weighted by molar-refractivity contribution is 0.290. The Morgan fingerprint density at radius 3 is 2.75 bits per heavy atom. The Hall–Kier alpha value is -1.50. The van der Waals surface area contributed by atoms with E-state index in [0.717, 1.165) is 22.2 Å². The number of thioether (sulfide) groups is 1. The first-order valence-electron chi connectivity index (χ1n) is 7.58. The third kappa shape index (κ3) is 3.61. The predicted octanol–water partition coefficient (Wildman–Crippen LogP) is 4.47. The molecule has 0 aliphatic rings. The van der Waals surface area contributed by atoms with E-state index in [0.29, 0.717) is 23.6 Å². The Kier molecular flexibility index (Phi) is 5.48. The molecule has 0 saturated heterocycles.